The summed E-state index contributed by atoms with van der Waals surface area (Å²) < 4.78 is 5.00. The molecule has 1 rings (SSSR count). The van der Waals surface area contributed by atoms with Gasteiger partial charge in [0, 0.05) is 0 Å². The molecular weight excluding hydrogens is 172 g/mol. The van der Waals surface area contributed by atoms with Crippen LogP contribution < -0.4 is 0 Å². The third kappa shape index (κ3) is 2.66. The maximum atomic E-state index is 11.2. The fraction of sp³-hybridized carbons (Fsp3) is 0.444. The molecule has 0 aliphatic carbocycles. The maximum absolute atomic E-state index is 11.2. The van der Waals surface area contributed by atoms with Gasteiger partial charge >= 0.3 is 5.97 Å². The third-order valence-electron chi connectivity index (χ3n) is 1.45. The Morgan fingerprint density at radius 3 is 3.08 bits per heavy atom. The molecule has 0 aromatic carbocycles. The number of esters is 1. The molecule has 0 unspecified atom stereocenters. The minimum Gasteiger partial charge on any atom is -0.462 e. The standard InChI is InChI=1S/C9H12O2S/c1-2-3-6-11-9(10)8-5-4-7-12-8/h4-5,7H,2-3,6H2,1H3. The number of hydrogen-bond acceptors (Lipinski definition) is 3. The highest BCUT2D eigenvalue weighted by Crippen LogP contribution is 2.09. The summed E-state index contributed by atoms with van der Waals surface area (Å²) in [5.74, 6) is -0.196. The van der Waals surface area contributed by atoms with E-state index in [-0.39, 0.29) is 5.97 Å². The molecule has 12 heavy (non-hydrogen) atoms. The molecular formula is C9H12O2S. The first-order chi connectivity index (χ1) is 5.84. The minimum atomic E-state index is -0.196. The Labute approximate surface area is 76.2 Å². The molecule has 0 atom stereocenters. The predicted octanol–water partition coefficient (Wildman–Crippen LogP) is 2.71. The Balaban J connectivity index is 2.30. The number of ether oxygens (including phenoxy) is 1. The highest BCUT2D eigenvalue weighted by molar-refractivity contribution is 7.11. The normalized spacial score (nSPS) is 9.75. The van der Waals surface area contributed by atoms with Crippen molar-refractivity contribution in [2.45, 2.75) is 19.8 Å². The van der Waals surface area contributed by atoms with E-state index in [1.807, 2.05) is 11.4 Å². The summed E-state index contributed by atoms with van der Waals surface area (Å²) in [7, 11) is 0. The molecule has 0 bridgehead atoms. The second kappa shape index (κ2) is 4.93. The molecule has 0 aliphatic rings. The molecule has 0 aliphatic heterocycles. The van der Waals surface area contributed by atoms with Crippen molar-refractivity contribution in [1.29, 1.82) is 0 Å². The van der Waals surface area contributed by atoms with Gasteiger partial charge in [0.2, 0.25) is 0 Å². The first-order valence-electron chi connectivity index (χ1n) is 4.05. The lowest BCUT2D eigenvalue weighted by atomic mass is 10.4. The SMILES string of the molecule is CCCCOC(=O)c1cccs1. The summed E-state index contributed by atoms with van der Waals surface area (Å²) >= 11 is 1.41. The van der Waals surface area contributed by atoms with Crippen molar-refractivity contribution in [2.75, 3.05) is 6.61 Å². The highest BCUT2D eigenvalue weighted by Gasteiger charge is 2.06. The molecule has 0 amide bonds. The third-order valence-corrected chi connectivity index (χ3v) is 2.30. The van der Waals surface area contributed by atoms with Crippen LogP contribution in [0.25, 0.3) is 0 Å². The highest BCUT2D eigenvalue weighted by atomic mass is 32.1. The van der Waals surface area contributed by atoms with Crippen molar-refractivity contribution >= 4 is 17.3 Å². The molecule has 0 fully saturated rings. The molecule has 0 spiro atoms. The van der Waals surface area contributed by atoms with Gasteiger partial charge in [0.1, 0.15) is 4.88 Å². The molecule has 0 saturated carbocycles. The van der Waals surface area contributed by atoms with Gasteiger partial charge in [-0.1, -0.05) is 19.4 Å². The maximum Gasteiger partial charge on any atom is 0.348 e. The van der Waals surface area contributed by atoms with Gasteiger partial charge in [0.25, 0.3) is 0 Å². The summed E-state index contributed by atoms with van der Waals surface area (Å²) in [6.07, 6.45) is 1.99. The topological polar surface area (TPSA) is 26.3 Å². The number of hydrogen-bond donors (Lipinski definition) is 0. The van der Waals surface area contributed by atoms with E-state index < -0.39 is 0 Å². The summed E-state index contributed by atoms with van der Waals surface area (Å²) in [5.41, 5.74) is 0. The molecule has 66 valence electrons. The van der Waals surface area contributed by atoms with E-state index in [0.29, 0.717) is 11.5 Å². The smallest absolute Gasteiger partial charge is 0.348 e. The van der Waals surface area contributed by atoms with Gasteiger partial charge in [0.05, 0.1) is 6.61 Å². The fourth-order valence-corrected chi connectivity index (χ4v) is 1.39. The molecule has 3 heteroatoms. The van der Waals surface area contributed by atoms with Crippen LogP contribution in [-0.2, 0) is 4.74 Å². The minimum absolute atomic E-state index is 0.196. The Bertz CT molecular complexity index is 229. The first-order valence-corrected chi connectivity index (χ1v) is 4.93. The van der Waals surface area contributed by atoms with Crippen LogP contribution in [0.5, 0.6) is 0 Å². The summed E-state index contributed by atoms with van der Waals surface area (Å²) in [6.45, 7) is 2.60. The molecule has 2 nitrogen and oxygen atoms in total. The van der Waals surface area contributed by atoms with Crippen LogP contribution in [-0.4, -0.2) is 12.6 Å². The van der Waals surface area contributed by atoms with Crippen molar-refractivity contribution in [3.05, 3.63) is 22.4 Å². The van der Waals surface area contributed by atoms with Crippen LogP contribution in [0.15, 0.2) is 17.5 Å². The van der Waals surface area contributed by atoms with Crippen molar-refractivity contribution in [1.82, 2.24) is 0 Å². The lowest BCUT2D eigenvalue weighted by Gasteiger charge is -2.00. The summed E-state index contributed by atoms with van der Waals surface area (Å²) in [5, 5.41) is 1.87. The number of unbranched alkanes of at least 4 members (excludes halogenated alkanes) is 1. The summed E-state index contributed by atoms with van der Waals surface area (Å²) in [4.78, 5) is 11.9. The van der Waals surface area contributed by atoms with Gasteiger partial charge < -0.3 is 4.74 Å². The van der Waals surface area contributed by atoms with E-state index >= 15 is 0 Å². The van der Waals surface area contributed by atoms with E-state index in [4.69, 9.17) is 4.74 Å². The largest absolute Gasteiger partial charge is 0.462 e. The number of carbonyl (C=O) groups excluding carboxylic acids is 1. The Kier molecular flexibility index (Phi) is 3.80. The van der Waals surface area contributed by atoms with Gasteiger partial charge in [-0.15, -0.1) is 11.3 Å². The molecule has 0 radical (unpaired) electrons. The summed E-state index contributed by atoms with van der Waals surface area (Å²) in [6, 6.07) is 3.63. The van der Waals surface area contributed by atoms with Gasteiger partial charge in [-0.05, 0) is 17.9 Å². The van der Waals surface area contributed by atoms with E-state index in [1.54, 1.807) is 6.07 Å². The Hall–Kier alpha value is -0.830. The van der Waals surface area contributed by atoms with Crippen molar-refractivity contribution < 1.29 is 9.53 Å². The van der Waals surface area contributed by atoms with Crippen LogP contribution in [0, 0.1) is 0 Å². The average Bonchev–Trinajstić information content (AvgIpc) is 2.56. The van der Waals surface area contributed by atoms with Gasteiger partial charge in [-0.25, -0.2) is 4.79 Å². The molecule has 1 aromatic rings. The van der Waals surface area contributed by atoms with Crippen molar-refractivity contribution in [3.63, 3.8) is 0 Å². The van der Waals surface area contributed by atoms with Crippen molar-refractivity contribution in [2.24, 2.45) is 0 Å². The second-order valence-corrected chi connectivity index (χ2v) is 3.41. The van der Waals surface area contributed by atoms with Crippen LogP contribution in [0.3, 0.4) is 0 Å². The quantitative estimate of drug-likeness (QED) is 0.531. The van der Waals surface area contributed by atoms with Crippen LogP contribution in [0.2, 0.25) is 0 Å². The Morgan fingerprint density at radius 1 is 1.67 bits per heavy atom. The number of thiophene rings is 1. The van der Waals surface area contributed by atoms with Crippen LogP contribution in [0.4, 0.5) is 0 Å². The molecule has 1 heterocycles. The second-order valence-electron chi connectivity index (χ2n) is 2.47. The van der Waals surface area contributed by atoms with E-state index in [9.17, 15) is 4.79 Å². The molecule has 0 N–H and O–H groups in total. The van der Waals surface area contributed by atoms with Crippen molar-refractivity contribution in [3.8, 4) is 0 Å². The van der Waals surface area contributed by atoms with Gasteiger partial charge in [-0.3, -0.25) is 0 Å². The zero-order valence-electron chi connectivity index (χ0n) is 7.08. The monoisotopic (exact) mass is 184 g/mol. The molecule has 0 saturated heterocycles. The zero-order chi connectivity index (χ0) is 8.81. The van der Waals surface area contributed by atoms with E-state index in [1.165, 1.54) is 11.3 Å². The fourth-order valence-electron chi connectivity index (χ4n) is 0.775. The van der Waals surface area contributed by atoms with Gasteiger partial charge in [0.15, 0.2) is 0 Å². The predicted molar refractivity (Wildman–Crippen MR) is 49.5 cm³/mol. The average molecular weight is 184 g/mol. The zero-order valence-corrected chi connectivity index (χ0v) is 7.89. The first kappa shape index (κ1) is 9.26. The lowest BCUT2D eigenvalue weighted by Crippen LogP contribution is -2.03. The number of carbonyl (C=O) groups is 1. The van der Waals surface area contributed by atoms with Crippen LogP contribution in [0.1, 0.15) is 29.4 Å². The van der Waals surface area contributed by atoms with E-state index in [2.05, 4.69) is 6.92 Å². The lowest BCUT2D eigenvalue weighted by molar-refractivity contribution is 0.0505. The Morgan fingerprint density at radius 2 is 2.50 bits per heavy atom. The van der Waals surface area contributed by atoms with E-state index in [0.717, 1.165) is 12.8 Å². The molecule has 1 aromatic heterocycles. The van der Waals surface area contributed by atoms with Gasteiger partial charge in [-0.2, -0.15) is 0 Å². The van der Waals surface area contributed by atoms with Crippen LogP contribution >= 0.6 is 11.3 Å². The number of rotatable bonds is 4.